The Bertz CT molecular complexity index is 376. The van der Waals surface area contributed by atoms with Crippen LogP contribution < -0.4 is 4.90 Å². The van der Waals surface area contributed by atoms with E-state index in [1.807, 2.05) is 6.20 Å². The molecule has 2 unspecified atom stereocenters. The molecule has 1 saturated carbocycles. The minimum absolute atomic E-state index is 0.555. The fourth-order valence-electron chi connectivity index (χ4n) is 3.36. The van der Waals surface area contributed by atoms with Gasteiger partial charge in [-0.15, -0.1) is 11.6 Å². The Morgan fingerprint density at radius 3 is 2.88 bits per heavy atom. The van der Waals surface area contributed by atoms with Crippen molar-refractivity contribution in [1.29, 1.82) is 0 Å². The second-order valence-electron chi connectivity index (χ2n) is 5.25. The second-order valence-corrected chi connectivity index (χ2v) is 5.52. The van der Waals surface area contributed by atoms with Gasteiger partial charge >= 0.3 is 0 Å². The van der Waals surface area contributed by atoms with E-state index in [4.69, 9.17) is 11.6 Å². The van der Waals surface area contributed by atoms with Gasteiger partial charge in [-0.1, -0.05) is 18.9 Å². The molecule has 2 fully saturated rings. The molecule has 1 aliphatic carbocycles. The number of hydrogen-bond acceptors (Lipinski definition) is 2. The monoisotopic (exact) mass is 250 g/mol. The van der Waals surface area contributed by atoms with Gasteiger partial charge in [0.15, 0.2) is 0 Å². The highest BCUT2D eigenvalue weighted by Crippen LogP contribution is 2.38. The molecule has 1 aliphatic heterocycles. The summed E-state index contributed by atoms with van der Waals surface area (Å²) in [5, 5.41) is 0. The van der Waals surface area contributed by atoms with Crippen molar-refractivity contribution < 1.29 is 0 Å². The fraction of sp³-hybridized carbons (Fsp3) is 0.643. The van der Waals surface area contributed by atoms with Crippen LogP contribution in [0.25, 0.3) is 0 Å². The molecule has 1 aromatic rings. The van der Waals surface area contributed by atoms with Gasteiger partial charge in [-0.05, 0) is 36.8 Å². The molecular weight excluding hydrogens is 232 g/mol. The number of aromatic nitrogens is 1. The molecule has 17 heavy (non-hydrogen) atoms. The van der Waals surface area contributed by atoms with Crippen LogP contribution in [-0.4, -0.2) is 17.6 Å². The fourth-order valence-corrected chi connectivity index (χ4v) is 3.51. The largest absolute Gasteiger partial charge is 0.353 e. The lowest BCUT2D eigenvalue weighted by atomic mass is 9.85. The number of pyridine rings is 1. The Morgan fingerprint density at radius 2 is 2.12 bits per heavy atom. The summed E-state index contributed by atoms with van der Waals surface area (Å²) in [6.07, 6.45) is 8.84. The van der Waals surface area contributed by atoms with Crippen molar-refractivity contribution in [2.75, 3.05) is 11.4 Å². The van der Waals surface area contributed by atoms with Crippen LogP contribution in [0.15, 0.2) is 18.3 Å². The summed E-state index contributed by atoms with van der Waals surface area (Å²) in [5.74, 6) is 2.62. The maximum absolute atomic E-state index is 5.80. The molecule has 0 spiro atoms. The van der Waals surface area contributed by atoms with Crippen molar-refractivity contribution >= 4 is 17.4 Å². The molecule has 2 atom stereocenters. The molecule has 1 saturated heterocycles. The van der Waals surface area contributed by atoms with E-state index in [1.165, 1.54) is 38.6 Å². The third-order valence-corrected chi connectivity index (χ3v) is 4.58. The highest BCUT2D eigenvalue weighted by Gasteiger charge is 2.36. The van der Waals surface area contributed by atoms with Crippen LogP contribution in [0.3, 0.4) is 0 Å². The average Bonchev–Trinajstić information content (AvgIpc) is 2.83. The summed E-state index contributed by atoms with van der Waals surface area (Å²) in [7, 11) is 0. The van der Waals surface area contributed by atoms with Gasteiger partial charge in [-0.25, -0.2) is 4.98 Å². The summed E-state index contributed by atoms with van der Waals surface area (Å²) in [4.78, 5) is 7.08. The molecule has 1 aromatic heterocycles. The van der Waals surface area contributed by atoms with Gasteiger partial charge in [0.05, 0.1) is 0 Å². The average molecular weight is 251 g/mol. The number of hydrogen-bond donors (Lipinski definition) is 0. The van der Waals surface area contributed by atoms with Gasteiger partial charge in [0, 0.05) is 24.7 Å². The standard InChI is InChI=1S/C14H19ClN2/c15-9-11-5-6-14(16-10-11)17-8-7-12-3-1-2-4-13(12)17/h5-6,10,12-13H,1-4,7-9H2. The van der Waals surface area contributed by atoms with Crippen LogP contribution in [0.2, 0.25) is 0 Å². The lowest BCUT2D eigenvalue weighted by Gasteiger charge is -2.32. The topological polar surface area (TPSA) is 16.1 Å². The lowest BCUT2D eigenvalue weighted by molar-refractivity contribution is 0.341. The molecule has 0 N–H and O–H groups in total. The van der Waals surface area contributed by atoms with E-state index in [-0.39, 0.29) is 0 Å². The van der Waals surface area contributed by atoms with Crippen LogP contribution >= 0.6 is 11.6 Å². The number of alkyl halides is 1. The van der Waals surface area contributed by atoms with Crippen molar-refractivity contribution in [2.45, 2.75) is 44.0 Å². The van der Waals surface area contributed by atoms with Crippen LogP contribution in [0.4, 0.5) is 5.82 Å². The number of anilines is 1. The first-order valence-corrected chi connectivity index (χ1v) is 7.19. The van der Waals surface area contributed by atoms with Gasteiger partial charge in [-0.3, -0.25) is 0 Å². The Labute approximate surface area is 108 Å². The molecular formula is C14H19ClN2. The Hall–Kier alpha value is -0.760. The molecule has 0 radical (unpaired) electrons. The van der Waals surface area contributed by atoms with Crippen molar-refractivity contribution in [3.63, 3.8) is 0 Å². The first kappa shape index (κ1) is 11.3. The van der Waals surface area contributed by atoms with Crippen LogP contribution in [0.5, 0.6) is 0 Å². The predicted molar refractivity (Wildman–Crippen MR) is 71.5 cm³/mol. The van der Waals surface area contributed by atoms with E-state index in [2.05, 4.69) is 22.0 Å². The molecule has 3 heteroatoms. The molecule has 0 bridgehead atoms. The summed E-state index contributed by atoms with van der Waals surface area (Å²) >= 11 is 5.80. The smallest absolute Gasteiger partial charge is 0.128 e. The first-order valence-electron chi connectivity index (χ1n) is 6.66. The predicted octanol–water partition coefficient (Wildman–Crippen LogP) is 3.59. The number of rotatable bonds is 2. The van der Waals surface area contributed by atoms with Crippen molar-refractivity contribution in [2.24, 2.45) is 5.92 Å². The lowest BCUT2D eigenvalue weighted by Crippen LogP contribution is -2.35. The minimum atomic E-state index is 0.555. The molecule has 0 aromatic carbocycles. The molecule has 0 amide bonds. The Morgan fingerprint density at radius 1 is 1.24 bits per heavy atom. The third kappa shape index (κ3) is 2.15. The first-order chi connectivity index (χ1) is 8.38. The van der Waals surface area contributed by atoms with E-state index in [1.54, 1.807) is 0 Å². The zero-order valence-electron chi connectivity index (χ0n) is 10.1. The summed E-state index contributed by atoms with van der Waals surface area (Å²) < 4.78 is 0. The van der Waals surface area contributed by atoms with Crippen LogP contribution in [0.1, 0.15) is 37.7 Å². The number of nitrogens with zero attached hydrogens (tertiary/aromatic N) is 2. The minimum Gasteiger partial charge on any atom is -0.353 e. The molecule has 2 heterocycles. The van der Waals surface area contributed by atoms with Gasteiger partial charge in [0.25, 0.3) is 0 Å². The molecule has 2 nitrogen and oxygen atoms in total. The van der Waals surface area contributed by atoms with E-state index in [0.29, 0.717) is 5.88 Å². The van der Waals surface area contributed by atoms with E-state index >= 15 is 0 Å². The van der Waals surface area contributed by atoms with Crippen LogP contribution in [-0.2, 0) is 5.88 Å². The van der Waals surface area contributed by atoms with Gasteiger partial charge < -0.3 is 4.90 Å². The Kier molecular flexibility index (Phi) is 3.24. The van der Waals surface area contributed by atoms with Crippen molar-refractivity contribution in [3.05, 3.63) is 23.9 Å². The van der Waals surface area contributed by atoms with Crippen LogP contribution in [0, 0.1) is 5.92 Å². The highest BCUT2D eigenvalue weighted by atomic mass is 35.5. The van der Waals surface area contributed by atoms with E-state index in [0.717, 1.165) is 23.3 Å². The molecule has 3 rings (SSSR count). The molecule has 92 valence electrons. The summed E-state index contributed by atoms with van der Waals surface area (Å²) in [6.45, 7) is 1.18. The van der Waals surface area contributed by atoms with E-state index < -0.39 is 0 Å². The van der Waals surface area contributed by atoms with Crippen molar-refractivity contribution in [1.82, 2.24) is 4.98 Å². The van der Waals surface area contributed by atoms with E-state index in [9.17, 15) is 0 Å². The maximum atomic E-state index is 5.80. The van der Waals surface area contributed by atoms with Gasteiger partial charge in [-0.2, -0.15) is 0 Å². The highest BCUT2D eigenvalue weighted by molar-refractivity contribution is 6.17. The molecule has 2 aliphatic rings. The quantitative estimate of drug-likeness (QED) is 0.746. The van der Waals surface area contributed by atoms with Gasteiger partial charge in [0.1, 0.15) is 5.82 Å². The zero-order valence-corrected chi connectivity index (χ0v) is 10.9. The number of fused-ring (bicyclic) bond motifs is 1. The summed E-state index contributed by atoms with van der Waals surface area (Å²) in [5.41, 5.74) is 1.11. The maximum Gasteiger partial charge on any atom is 0.128 e. The SMILES string of the molecule is ClCc1ccc(N2CCC3CCCCC32)nc1. The Balaban J connectivity index is 1.78. The zero-order chi connectivity index (χ0) is 11.7. The summed E-state index contributed by atoms with van der Waals surface area (Å²) in [6, 6.07) is 4.98. The number of halogens is 1. The van der Waals surface area contributed by atoms with Crippen molar-refractivity contribution in [3.8, 4) is 0 Å². The van der Waals surface area contributed by atoms with Gasteiger partial charge in [0.2, 0.25) is 0 Å². The third-order valence-electron chi connectivity index (χ3n) is 4.27. The second kappa shape index (κ2) is 4.85. The normalized spacial score (nSPS) is 28.2.